The molecule has 0 saturated heterocycles. The number of hydrogen-bond donors (Lipinski definition) is 2. The van der Waals surface area contributed by atoms with Crippen LogP contribution in [0.5, 0.6) is 0 Å². The summed E-state index contributed by atoms with van der Waals surface area (Å²) in [5.74, 6) is -0.171. The third kappa shape index (κ3) is 4.79. The summed E-state index contributed by atoms with van der Waals surface area (Å²) < 4.78 is 27.9. The number of hydrogen-bond acceptors (Lipinski definition) is 4. The minimum atomic E-state index is -3.69. The fourth-order valence-electron chi connectivity index (χ4n) is 2.56. The Hall–Kier alpha value is -1.44. The van der Waals surface area contributed by atoms with E-state index in [4.69, 9.17) is 9.88 Å². The van der Waals surface area contributed by atoms with Gasteiger partial charge >= 0.3 is 0 Å². The Morgan fingerprint density at radius 2 is 1.91 bits per heavy atom. The van der Waals surface area contributed by atoms with Crippen LogP contribution in [-0.2, 0) is 19.6 Å². The molecule has 0 unspecified atom stereocenters. The number of carbonyl (C=O) groups is 1. The average molecular weight is 326 g/mol. The van der Waals surface area contributed by atoms with E-state index < -0.39 is 10.0 Å². The van der Waals surface area contributed by atoms with Crippen LogP contribution in [0, 0.1) is 0 Å². The van der Waals surface area contributed by atoms with Crippen molar-refractivity contribution in [1.82, 2.24) is 5.32 Å². The number of carbonyl (C=O) groups excluding carboxylic acids is 1. The van der Waals surface area contributed by atoms with E-state index in [0.717, 1.165) is 18.4 Å². The first-order valence-corrected chi connectivity index (χ1v) is 8.94. The number of primary sulfonamides is 1. The van der Waals surface area contributed by atoms with Crippen LogP contribution in [0.25, 0.3) is 0 Å². The molecule has 1 amide bonds. The Morgan fingerprint density at radius 1 is 1.32 bits per heavy atom. The van der Waals surface area contributed by atoms with Crippen molar-refractivity contribution in [2.45, 2.75) is 49.6 Å². The number of nitrogens with one attached hydrogen (secondary N) is 1. The molecule has 0 bridgehead atoms. The van der Waals surface area contributed by atoms with Gasteiger partial charge in [-0.25, -0.2) is 13.6 Å². The second kappa shape index (κ2) is 7.21. The molecular weight excluding hydrogens is 304 g/mol. The Morgan fingerprint density at radius 3 is 2.45 bits per heavy atom. The molecule has 0 aromatic heterocycles. The predicted octanol–water partition coefficient (Wildman–Crippen LogP) is 1.47. The molecule has 1 aromatic carbocycles. The summed E-state index contributed by atoms with van der Waals surface area (Å²) in [7, 11) is -3.69. The van der Waals surface area contributed by atoms with Crippen LogP contribution < -0.4 is 10.5 Å². The van der Waals surface area contributed by atoms with Gasteiger partial charge in [-0.1, -0.05) is 25.0 Å². The molecule has 1 fully saturated rings. The molecule has 1 aromatic rings. The highest BCUT2D eigenvalue weighted by Gasteiger charge is 2.17. The van der Waals surface area contributed by atoms with E-state index in [9.17, 15) is 13.2 Å². The second-order valence-electron chi connectivity index (χ2n) is 5.62. The van der Waals surface area contributed by atoms with Crippen LogP contribution in [0.3, 0.4) is 0 Å². The number of nitrogens with two attached hydrogens (primary N) is 1. The monoisotopic (exact) mass is 326 g/mol. The fraction of sp³-hybridized carbons (Fsp3) is 0.533. The molecule has 1 atom stereocenters. The number of ether oxygens (including phenoxy) is 1. The van der Waals surface area contributed by atoms with E-state index in [-0.39, 0.29) is 29.6 Å². The van der Waals surface area contributed by atoms with E-state index in [1.165, 1.54) is 25.0 Å². The molecule has 7 heteroatoms. The highest BCUT2D eigenvalue weighted by Crippen LogP contribution is 2.21. The van der Waals surface area contributed by atoms with Crippen LogP contribution in [0.1, 0.15) is 44.2 Å². The highest BCUT2D eigenvalue weighted by atomic mass is 32.2. The summed E-state index contributed by atoms with van der Waals surface area (Å²) in [6, 6.07) is 5.92. The van der Waals surface area contributed by atoms with Crippen LogP contribution in [-0.4, -0.2) is 27.0 Å². The van der Waals surface area contributed by atoms with E-state index in [2.05, 4.69) is 5.32 Å². The zero-order chi connectivity index (χ0) is 16.2. The molecule has 0 heterocycles. The van der Waals surface area contributed by atoms with Gasteiger partial charge in [0.05, 0.1) is 17.0 Å². The average Bonchev–Trinajstić information content (AvgIpc) is 2.97. The van der Waals surface area contributed by atoms with Crippen molar-refractivity contribution in [3.8, 4) is 0 Å². The molecule has 6 nitrogen and oxygen atoms in total. The molecule has 22 heavy (non-hydrogen) atoms. The highest BCUT2D eigenvalue weighted by molar-refractivity contribution is 7.89. The summed E-state index contributed by atoms with van der Waals surface area (Å²) in [6.45, 7) is 1.89. The first kappa shape index (κ1) is 16.9. The Kier molecular flexibility index (Phi) is 5.55. The molecule has 0 spiro atoms. The third-order valence-electron chi connectivity index (χ3n) is 3.84. The van der Waals surface area contributed by atoms with E-state index in [1.807, 2.05) is 6.92 Å². The van der Waals surface area contributed by atoms with Gasteiger partial charge < -0.3 is 10.1 Å². The zero-order valence-electron chi connectivity index (χ0n) is 12.6. The van der Waals surface area contributed by atoms with Crippen LogP contribution in [0.2, 0.25) is 0 Å². The third-order valence-corrected chi connectivity index (χ3v) is 4.77. The van der Waals surface area contributed by atoms with Crippen molar-refractivity contribution in [1.29, 1.82) is 0 Å². The van der Waals surface area contributed by atoms with Crippen LogP contribution >= 0.6 is 0 Å². The largest absolute Gasteiger partial charge is 0.368 e. The summed E-state index contributed by atoms with van der Waals surface area (Å²) >= 11 is 0. The summed E-state index contributed by atoms with van der Waals surface area (Å²) in [6.07, 6.45) is 4.59. The lowest BCUT2D eigenvalue weighted by Crippen LogP contribution is -2.31. The van der Waals surface area contributed by atoms with E-state index >= 15 is 0 Å². The van der Waals surface area contributed by atoms with Gasteiger partial charge in [0, 0.05) is 0 Å². The van der Waals surface area contributed by atoms with E-state index in [0.29, 0.717) is 0 Å². The van der Waals surface area contributed by atoms with Crippen LogP contribution in [0.4, 0.5) is 0 Å². The van der Waals surface area contributed by atoms with Crippen molar-refractivity contribution < 1.29 is 17.9 Å². The van der Waals surface area contributed by atoms with Crippen molar-refractivity contribution >= 4 is 15.9 Å². The van der Waals surface area contributed by atoms with Crippen molar-refractivity contribution in [3.63, 3.8) is 0 Å². The normalized spacial score (nSPS) is 17.4. The Bertz CT molecular complexity index is 607. The number of rotatable bonds is 6. The Balaban J connectivity index is 1.85. The number of amides is 1. The van der Waals surface area contributed by atoms with Gasteiger partial charge in [0.2, 0.25) is 15.9 Å². The van der Waals surface area contributed by atoms with Gasteiger partial charge in [0.25, 0.3) is 0 Å². The maximum absolute atomic E-state index is 11.9. The quantitative estimate of drug-likeness (QED) is 0.827. The molecule has 122 valence electrons. The molecule has 1 saturated carbocycles. The van der Waals surface area contributed by atoms with Gasteiger partial charge in [0.15, 0.2) is 0 Å². The van der Waals surface area contributed by atoms with Gasteiger partial charge in [0.1, 0.15) is 6.61 Å². The topological polar surface area (TPSA) is 98.5 Å². The molecule has 2 rings (SSSR count). The summed E-state index contributed by atoms with van der Waals surface area (Å²) in [4.78, 5) is 11.9. The molecule has 0 radical (unpaired) electrons. The van der Waals surface area contributed by atoms with Gasteiger partial charge in [-0.15, -0.1) is 0 Å². The Labute approximate surface area is 131 Å². The van der Waals surface area contributed by atoms with Gasteiger partial charge in [-0.3, -0.25) is 4.79 Å². The summed E-state index contributed by atoms with van der Waals surface area (Å²) in [5.41, 5.74) is 0.807. The SMILES string of the molecule is C[C@H](NC(=O)COC1CCCC1)c1ccc(S(N)(=O)=O)cc1. The second-order valence-corrected chi connectivity index (χ2v) is 7.18. The van der Waals surface area contributed by atoms with E-state index in [1.54, 1.807) is 12.1 Å². The minimum Gasteiger partial charge on any atom is -0.368 e. The van der Waals surface area contributed by atoms with Crippen LogP contribution in [0.15, 0.2) is 29.2 Å². The van der Waals surface area contributed by atoms with Gasteiger partial charge in [-0.2, -0.15) is 0 Å². The maximum Gasteiger partial charge on any atom is 0.246 e. The first-order valence-electron chi connectivity index (χ1n) is 7.40. The fourth-order valence-corrected chi connectivity index (χ4v) is 3.08. The summed E-state index contributed by atoms with van der Waals surface area (Å²) in [5, 5.41) is 7.88. The molecule has 1 aliphatic carbocycles. The molecular formula is C15H22N2O4S. The number of benzene rings is 1. The zero-order valence-corrected chi connectivity index (χ0v) is 13.4. The van der Waals surface area contributed by atoms with Gasteiger partial charge in [-0.05, 0) is 37.5 Å². The van der Waals surface area contributed by atoms with Crippen molar-refractivity contribution in [2.24, 2.45) is 5.14 Å². The predicted molar refractivity (Wildman–Crippen MR) is 82.6 cm³/mol. The molecule has 0 aliphatic heterocycles. The maximum atomic E-state index is 11.9. The lowest BCUT2D eigenvalue weighted by Gasteiger charge is -2.16. The lowest BCUT2D eigenvalue weighted by molar-refractivity contribution is -0.128. The molecule has 3 N–H and O–H groups in total. The number of sulfonamides is 1. The lowest BCUT2D eigenvalue weighted by atomic mass is 10.1. The first-order chi connectivity index (χ1) is 10.4. The standard InChI is InChI=1S/C15H22N2O4S/c1-11(12-6-8-14(9-7-12)22(16,19)20)17-15(18)10-21-13-4-2-3-5-13/h6-9,11,13H,2-5,10H2,1H3,(H,17,18)(H2,16,19,20)/t11-/m0/s1. The smallest absolute Gasteiger partial charge is 0.246 e. The minimum absolute atomic E-state index is 0.0549. The van der Waals surface area contributed by atoms with Crippen molar-refractivity contribution in [2.75, 3.05) is 6.61 Å². The van der Waals surface area contributed by atoms with Crippen molar-refractivity contribution in [3.05, 3.63) is 29.8 Å². The molecule has 1 aliphatic rings.